The molecule has 1 aliphatic rings. The number of hydrogen-bond acceptors (Lipinski definition) is 8. The number of thiazole rings is 1. The van der Waals surface area contributed by atoms with Crippen LogP contribution in [0, 0.1) is 13.8 Å². The molecule has 0 spiro atoms. The summed E-state index contributed by atoms with van der Waals surface area (Å²) in [7, 11) is 0. The van der Waals surface area contributed by atoms with Crippen LogP contribution in [0.3, 0.4) is 0 Å². The third kappa shape index (κ3) is 3.94. The van der Waals surface area contributed by atoms with Crippen molar-refractivity contribution in [2.45, 2.75) is 13.8 Å². The Hall–Kier alpha value is -3.07. The van der Waals surface area contributed by atoms with Gasteiger partial charge in [0.1, 0.15) is 10.7 Å². The number of rotatable bonds is 4. The highest BCUT2D eigenvalue weighted by molar-refractivity contribution is 7.11. The molecule has 1 amide bonds. The lowest BCUT2D eigenvalue weighted by Gasteiger charge is -2.35. The second kappa shape index (κ2) is 7.89. The normalized spacial score (nSPS) is 14.2. The summed E-state index contributed by atoms with van der Waals surface area (Å²) in [5, 5.41) is 11.7. The van der Waals surface area contributed by atoms with Gasteiger partial charge in [-0.05, 0) is 38.1 Å². The zero-order valence-corrected chi connectivity index (χ0v) is 16.6. The average molecular weight is 395 g/mol. The Morgan fingerprint density at radius 3 is 2.50 bits per heavy atom. The fraction of sp³-hybridized carbons (Fsp3) is 0.316. The molecular formula is C19H21N7OS. The number of carbonyl (C=O) groups excluding carboxylic acids is 1. The lowest BCUT2D eigenvalue weighted by molar-refractivity contribution is 0.0750. The molecule has 0 bridgehead atoms. The SMILES string of the molecule is Cc1cccc(Nc2ccc(N3CCN(C(=O)c4scnc4C)CC3)nn2)n1. The molecule has 0 radical (unpaired) electrons. The molecule has 0 aromatic carbocycles. The van der Waals surface area contributed by atoms with Crippen molar-refractivity contribution in [2.75, 3.05) is 36.4 Å². The molecule has 0 saturated carbocycles. The first-order valence-corrected chi connectivity index (χ1v) is 9.97. The molecule has 0 atom stereocenters. The van der Waals surface area contributed by atoms with Crippen LogP contribution in [-0.4, -0.2) is 57.2 Å². The highest BCUT2D eigenvalue weighted by Crippen LogP contribution is 2.19. The summed E-state index contributed by atoms with van der Waals surface area (Å²) < 4.78 is 0. The lowest BCUT2D eigenvalue weighted by Crippen LogP contribution is -2.49. The molecule has 4 rings (SSSR count). The summed E-state index contributed by atoms with van der Waals surface area (Å²) in [5.41, 5.74) is 3.46. The molecular weight excluding hydrogens is 374 g/mol. The number of anilines is 3. The van der Waals surface area contributed by atoms with E-state index in [1.807, 2.05) is 49.1 Å². The predicted octanol–water partition coefficient (Wildman–Crippen LogP) is 2.65. The minimum absolute atomic E-state index is 0.0657. The number of hydrogen-bond donors (Lipinski definition) is 1. The van der Waals surface area contributed by atoms with Crippen molar-refractivity contribution in [2.24, 2.45) is 0 Å². The summed E-state index contributed by atoms with van der Waals surface area (Å²) in [6.45, 7) is 6.59. The Morgan fingerprint density at radius 1 is 1.04 bits per heavy atom. The Labute approximate surface area is 167 Å². The number of nitrogens with one attached hydrogen (secondary N) is 1. The molecule has 9 heteroatoms. The van der Waals surface area contributed by atoms with E-state index in [-0.39, 0.29) is 5.91 Å². The predicted molar refractivity (Wildman–Crippen MR) is 109 cm³/mol. The number of aromatic nitrogens is 4. The van der Waals surface area contributed by atoms with Crippen LogP contribution in [0.1, 0.15) is 21.1 Å². The first-order valence-electron chi connectivity index (χ1n) is 9.09. The molecule has 1 saturated heterocycles. The van der Waals surface area contributed by atoms with Gasteiger partial charge < -0.3 is 15.1 Å². The largest absolute Gasteiger partial charge is 0.352 e. The zero-order chi connectivity index (χ0) is 19.5. The van der Waals surface area contributed by atoms with Crippen molar-refractivity contribution in [1.82, 2.24) is 25.1 Å². The van der Waals surface area contributed by atoms with Gasteiger partial charge in [0, 0.05) is 31.9 Å². The van der Waals surface area contributed by atoms with Crippen molar-refractivity contribution in [3.63, 3.8) is 0 Å². The molecule has 3 aromatic heterocycles. The third-order valence-corrected chi connectivity index (χ3v) is 5.54. The summed E-state index contributed by atoms with van der Waals surface area (Å²) in [4.78, 5) is 25.9. The maximum Gasteiger partial charge on any atom is 0.265 e. The van der Waals surface area contributed by atoms with E-state index in [2.05, 4.69) is 30.4 Å². The van der Waals surface area contributed by atoms with Gasteiger partial charge in [-0.3, -0.25) is 4.79 Å². The molecule has 0 aliphatic carbocycles. The van der Waals surface area contributed by atoms with Gasteiger partial charge in [-0.1, -0.05) is 6.07 Å². The van der Waals surface area contributed by atoms with E-state index in [0.717, 1.165) is 41.0 Å². The molecule has 28 heavy (non-hydrogen) atoms. The molecule has 1 N–H and O–H groups in total. The Kier molecular flexibility index (Phi) is 5.16. The van der Waals surface area contributed by atoms with E-state index in [9.17, 15) is 4.79 Å². The van der Waals surface area contributed by atoms with Crippen LogP contribution >= 0.6 is 11.3 Å². The van der Waals surface area contributed by atoms with Crippen LogP contribution in [0.5, 0.6) is 0 Å². The van der Waals surface area contributed by atoms with Crippen molar-refractivity contribution < 1.29 is 4.79 Å². The second-order valence-electron chi connectivity index (χ2n) is 6.61. The Morgan fingerprint density at radius 2 is 1.86 bits per heavy atom. The van der Waals surface area contributed by atoms with Gasteiger partial charge in [0.15, 0.2) is 11.6 Å². The topological polar surface area (TPSA) is 87.1 Å². The van der Waals surface area contributed by atoms with Crippen molar-refractivity contribution in [3.8, 4) is 0 Å². The van der Waals surface area contributed by atoms with Crippen LogP contribution in [0.4, 0.5) is 17.5 Å². The fourth-order valence-corrected chi connectivity index (χ4v) is 3.86. The Bertz CT molecular complexity index is 964. The first-order chi connectivity index (χ1) is 13.6. The maximum absolute atomic E-state index is 12.6. The zero-order valence-electron chi connectivity index (χ0n) is 15.8. The number of carbonyl (C=O) groups is 1. The monoisotopic (exact) mass is 395 g/mol. The smallest absolute Gasteiger partial charge is 0.265 e. The third-order valence-electron chi connectivity index (χ3n) is 4.63. The van der Waals surface area contributed by atoms with Crippen molar-refractivity contribution in [1.29, 1.82) is 0 Å². The maximum atomic E-state index is 12.6. The van der Waals surface area contributed by atoms with E-state index in [0.29, 0.717) is 18.9 Å². The van der Waals surface area contributed by atoms with E-state index in [1.54, 1.807) is 5.51 Å². The average Bonchev–Trinajstić information content (AvgIpc) is 3.14. The van der Waals surface area contributed by atoms with E-state index in [1.165, 1.54) is 11.3 Å². The van der Waals surface area contributed by atoms with Gasteiger partial charge in [0.05, 0.1) is 11.2 Å². The molecule has 0 unspecified atom stereocenters. The molecule has 1 fully saturated rings. The molecule has 4 heterocycles. The van der Waals surface area contributed by atoms with Crippen LogP contribution < -0.4 is 10.2 Å². The van der Waals surface area contributed by atoms with Crippen LogP contribution in [-0.2, 0) is 0 Å². The second-order valence-corrected chi connectivity index (χ2v) is 7.47. The molecule has 1 aliphatic heterocycles. The number of piperazine rings is 1. The van der Waals surface area contributed by atoms with E-state index >= 15 is 0 Å². The highest BCUT2D eigenvalue weighted by Gasteiger charge is 2.25. The number of amides is 1. The van der Waals surface area contributed by atoms with Gasteiger partial charge >= 0.3 is 0 Å². The van der Waals surface area contributed by atoms with E-state index < -0.39 is 0 Å². The summed E-state index contributed by atoms with van der Waals surface area (Å²) in [5.74, 6) is 2.27. The summed E-state index contributed by atoms with van der Waals surface area (Å²) in [6.07, 6.45) is 0. The van der Waals surface area contributed by atoms with Crippen LogP contribution in [0.25, 0.3) is 0 Å². The Balaban J connectivity index is 1.36. The van der Waals surface area contributed by atoms with Crippen molar-refractivity contribution >= 4 is 34.7 Å². The summed E-state index contributed by atoms with van der Waals surface area (Å²) >= 11 is 1.40. The van der Waals surface area contributed by atoms with Gasteiger partial charge in [0.25, 0.3) is 5.91 Å². The van der Waals surface area contributed by atoms with E-state index in [4.69, 9.17) is 0 Å². The minimum atomic E-state index is 0.0657. The summed E-state index contributed by atoms with van der Waals surface area (Å²) in [6, 6.07) is 9.62. The standard InChI is InChI=1S/C19H21N7OS/c1-13-4-3-5-15(21-13)22-16-6-7-17(24-23-16)25-8-10-26(11-9-25)19(27)18-14(2)20-12-28-18/h3-7,12H,8-11H2,1-2H3,(H,21,22,23). The lowest BCUT2D eigenvalue weighted by atomic mass is 10.2. The molecule has 3 aromatic rings. The van der Waals surface area contributed by atoms with Gasteiger partial charge in [0.2, 0.25) is 0 Å². The van der Waals surface area contributed by atoms with Gasteiger partial charge in [-0.2, -0.15) is 0 Å². The van der Waals surface area contributed by atoms with Gasteiger partial charge in [-0.25, -0.2) is 9.97 Å². The number of pyridine rings is 1. The minimum Gasteiger partial charge on any atom is -0.352 e. The molecule has 8 nitrogen and oxygen atoms in total. The fourth-order valence-electron chi connectivity index (χ4n) is 3.09. The van der Waals surface area contributed by atoms with Crippen molar-refractivity contribution in [3.05, 3.63) is 52.1 Å². The first kappa shape index (κ1) is 18.3. The van der Waals surface area contributed by atoms with Gasteiger partial charge in [-0.15, -0.1) is 21.5 Å². The van der Waals surface area contributed by atoms with Crippen LogP contribution in [0.15, 0.2) is 35.8 Å². The number of nitrogens with zero attached hydrogens (tertiary/aromatic N) is 6. The van der Waals surface area contributed by atoms with Crippen LogP contribution in [0.2, 0.25) is 0 Å². The highest BCUT2D eigenvalue weighted by atomic mass is 32.1. The molecule has 144 valence electrons. The number of aryl methyl sites for hydroxylation is 2. The quantitative estimate of drug-likeness (QED) is 0.727.